The molecule has 0 saturated carbocycles. The smallest absolute Gasteiger partial charge is 0.159 e. The lowest BCUT2D eigenvalue weighted by molar-refractivity contribution is 0.0983. The Labute approximate surface area is 205 Å². The van der Waals surface area contributed by atoms with Gasteiger partial charge in [-0.2, -0.15) is 5.10 Å². The maximum atomic E-state index is 6.02. The monoisotopic (exact) mass is 467 g/mol. The lowest BCUT2D eigenvalue weighted by atomic mass is 9.95. The second-order valence-electron chi connectivity index (χ2n) is 9.59. The molecular formula is C27H29N7O. The SMILES string of the molecule is Cc1cccc(-c2ccn(-c3cc(N4CC[C@H]5OCC[C@]54C)nc(CCc4ncccn4)n3)n2)c1. The molecule has 3 aromatic heterocycles. The van der Waals surface area contributed by atoms with E-state index in [-0.39, 0.29) is 11.6 Å². The summed E-state index contributed by atoms with van der Waals surface area (Å²) in [5.41, 5.74) is 3.19. The average molecular weight is 468 g/mol. The molecule has 0 amide bonds. The Hall–Kier alpha value is -3.65. The third-order valence-electron chi connectivity index (χ3n) is 7.20. The van der Waals surface area contributed by atoms with Gasteiger partial charge in [-0.15, -0.1) is 0 Å². The maximum Gasteiger partial charge on any atom is 0.159 e. The van der Waals surface area contributed by atoms with E-state index in [1.54, 1.807) is 12.4 Å². The van der Waals surface area contributed by atoms with Crippen LogP contribution in [-0.4, -0.2) is 54.5 Å². The van der Waals surface area contributed by atoms with Crippen molar-refractivity contribution >= 4 is 5.82 Å². The van der Waals surface area contributed by atoms with Gasteiger partial charge in [-0.1, -0.05) is 23.8 Å². The standard InChI is InChI=1S/C27H29N7O/c1-19-5-3-6-20(17-19)21-9-15-34(32-21)26-18-25(33-14-10-22-27(33,2)11-16-35-22)30-24(31-26)8-7-23-28-12-4-13-29-23/h3-6,9,12-13,15,17-18,22H,7-8,10-11,14,16H2,1-2H3/t22-,27-/m1/s1. The van der Waals surface area contributed by atoms with Crippen molar-refractivity contribution in [3.8, 4) is 17.1 Å². The number of hydrogen-bond acceptors (Lipinski definition) is 7. The van der Waals surface area contributed by atoms with E-state index in [1.165, 1.54) is 5.56 Å². The molecule has 178 valence electrons. The van der Waals surface area contributed by atoms with Crippen LogP contribution < -0.4 is 4.90 Å². The fourth-order valence-corrected chi connectivity index (χ4v) is 5.26. The van der Waals surface area contributed by atoms with Crippen molar-refractivity contribution in [1.82, 2.24) is 29.7 Å². The summed E-state index contributed by atoms with van der Waals surface area (Å²) in [6.07, 6.45) is 9.12. The second kappa shape index (κ2) is 8.85. The Morgan fingerprint density at radius 1 is 1.00 bits per heavy atom. The first-order valence-corrected chi connectivity index (χ1v) is 12.2. The zero-order valence-electron chi connectivity index (χ0n) is 20.1. The third-order valence-corrected chi connectivity index (χ3v) is 7.20. The van der Waals surface area contributed by atoms with Crippen LogP contribution in [0.15, 0.2) is 61.1 Å². The Kier molecular flexibility index (Phi) is 5.53. The highest BCUT2D eigenvalue weighted by Crippen LogP contribution is 2.41. The predicted molar refractivity (Wildman–Crippen MR) is 133 cm³/mol. The molecule has 0 bridgehead atoms. The van der Waals surface area contributed by atoms with Crippen LogP contribution in [0.25, 0.3) is 17.1 Å². The molecule has 8 heteroatoms. The highest BCUT2D eigenvalue weighted by atomic mass is 16.5. The molecule has 0 radical (unpaired) electrons. The van der Waals surface area contributed by atoms with Gasteiger partial charge in [0.2, 0.25) is 0 Å². The quantitative estimate of drug-likeness (QED) is 0.424. The normalized spacial score (nSPS) is 21.4. The highest BCUT2D eigenvalue weighted by molar-refractivity contribution is 5.60. The van der Waals surface area contributed by atoms with E-state index in [0.717, 1.165) is 60.5 Å². The molecule has 2 saturated heterocycles. The summed E-state index contributed by atoms with van der Waals surface area (Å²) >= 11 is 0. The highest BCUT2D eigenvalue weighted by Gasteiger charge is 2.50. The van der Waals surface area contributed by atoms with E-state index in [1.807, 2.05) is 23.0 Å². The molecule has 0 N–H and O–H groups in total. The number of rotatable bonds is 6. The number of benzene rings is 1. The summed E-state index contributed by atoms with van der Waals surface area (Å²) in [6, 6.07) is 14.3. The average Bonchev–Trinajstić information content (AvgIpc) is 3.58. The topological polar surface area (TPSA) is 81.9 Å². The van der Waals surface area contributed by atoms with Gasteiger partial charge < -0.3 is 9.64 Å². The zero-order valence-corrected chi connectivity index (χ0v) is 20.1. The van der Waals surface area contributed by atoms with E-state index < -0.39 is 0 Å². The molecule has 0 spiro atoms. The van der Waals surface area contributed by atoms with Crippen molar-refractivity contribution in [2.24, 2.45) is 0 Å². The lowest BCUT2D eigenvalue weighted by Crippen LogP contribution is -2.45. The van der Waals surface area contributed by atoms with Gasteiger partial charge in [-0.05, 0) is 44.9 Å². The number of aromatic nitrogens is 6. The van der Waals surface area contributed by atoms with Crippen LogP contribution in [0, 0.1) is 6.92 Å². The molecule has 35 heavy (non-hydrogen) atoms. The zero-order chi connectivity index (χ0) is 23.8. The van der Waals surface area contributed by atoms with E-state index in [2.05, 4.69) is 59.0 Å². The molecule has 2 atom stereocenters. The molecular weight excluding hydrogens is 438 g/mol. The van der Waals surface area contributed by atoms with Crippen LogP contribution in [0.1, 0.15) is 37.0 Å². The third kappa shape index (κ3) is 4.18. The first kappa shape index (κ1) is 21.9. The lowest BCUT2D eigenvalue weighted by Gasteiger charge is -2.35. The molecule has 4 aromatic rings. The fraction of sp³-hybridized carbons (Fsp3) is 0.370. The maximum absolute atomic E-state index is 6.02. The summed E-state index contributed by atoms with van der Waals surface area (Å²) in [7, 11) is 0. The van der Waals surface area contributed by atoms with Gasteiger partial charge in [0.15, 0.2) is 5.82 Å². The number of nitrogens with zero attached hydrogens (tertiary/aromatic N) is 7. The minimum Gasteiger partial charge on any atom is -0.376 e. The number of fused-ring (bicyclic) bond motifs is 1. The van der Waals surface area contributed by atoms with Gasteiger partial charge in [0.1, 0.15) is 17.5 Å². The number of aryl methyl sites for hydroxylation is 3. The number of ether oxygens (including phenoxy) is 1. The van der Waals surface area contributed by atoms with Crippen molar-refractivity contribution < 1.29 is 4.74 Å². The summed E-state index contributed by atoms with van der Waals surface area (Å²) in [6.45, 7) is 6.11. The largest absolute Gasteiger partial charge is 0.376 e. The number of anilines is 1. The minimum absolute atomic E-state index is 0.0394. The van der Waals surface area contributed by atoms with Crippen molar-refractivity contribution in [3.63, 3.8) is 0 Å². The Bertz CT molecular complexity index is 1340. The molecule has 0 unspecified atom stereocenters. The first-order valence-electron chi connectivity index (χ1n) is 12.2. The first-order chi connectivity index (χ1) is 17.1. The molecule has 6 rings (SSSR count). The summed E-state index contributed by atoms with van der Waals surface area (Å²) in [4.78, 5) is 21.0. The molecule has 2 aliphatic rings. The van der Waals surface area contributed by atoms with Crippen LogP contribution in [0.5, 0.6) is 0 Å². The molecule has 2 fully saturated rings. The van der Waals surface area contributed by atoms with Crippen LogP contribution in [-0.2, 0) is 17.6 Å². The molecule has 5 heterocycles. The molecule has 2 aliphatic heterocycles. The molecule has 0 aliphatic carbocycles. The van der Waals surface area contributed by atoms with Crippen LogP contribution in [0.4, 0.5) is 5.82 Å². The van der Waals surface area contributed by atoms with Crippen molar-refractivity contribution in [2.75, 3.05) is 18.1 Å². The van der Waals surface area contributed by atoms with Crippen LogP contribution in [0.2, 0.25) is 0 Å². The van der Waals surface area contributed by atoms with E-state index in [0.29, 0.717) is 12.8 Å². The van der Waals surface area contributed by atoms with E-state index in [9.17, 15) is 0 Å². The Morgan fingerprint density at radius 2 is 1.83 bits per heavy atom. The minimum atomic E-state index is -0.0394. The van der Waals surface area contributed by atoms with Crippen molar-refractivity contribution in [3.05, 3.63) is 78.3 Å². The number of hydrogen-bond donors (Lipinski definition) is 0. The van der Waals surface area contributed by atoms with Gasteiger partial charge in [0.05, 0.1) is 17.3 Å². The molecule has 1 aromatic carbocycles. The summed E-state index contributed by atoms with van der Waals surface area (Å²) in [5.74, 6) is 3.26. The Balaban J connectivity index is 1.36. The van der Waals surface area contributed by atoms with Crippen molar-refractivity contribution in [2.45, 2.75) is 51.2 Å². The van der Waals surface area contributed by atoms with Crippen LogP contribution in [0.3, 0.4) is 0 Å². The second-order valence-corrected chi connectivity index (χ2v) is 9.59. The van der Waals surface area contributed by atoms with Gasteiger partial charge >= 0.3 is 0 Å². The Morgan fingerprint density at radius 3 is 2.69 bits per heavy atom. The van der Waals surface area contributed by atoms with Gasteiger partial charge in [-0.3, -0.25) is 0 Å². The van der Waals surface area contributed by atoms with Gasteiger partial charge in [0.25, 0.3) is 0 Å². The summed E-state index contributed by atoms with van der Waals surface area (Å²) in [5, 5.41) is 4.86. The van der Waals surface area contributed by atoms with E-state index >= 15 is 0 Å². The van der Waals surface area contributed by atoms with Crippen molar-refractivity contribution in [1.29, 1.82) is 0 Å². The van der Waals surface area contributed by atoms with Gasteiger partial charge in [-0.25, -0.2) is 24.6 Å². The van der Waals surface area contributed by atoms with Crippen LogP contribution >= 0.6 is 0 Å². The van der Waals surface area contributed by atoms with Gasteiger partial charge in [0, 0.05) is 56.2 Å². The van der Waals surface area contributed by atoms with E-state index in [4.69, 9.17) is 19.8 Å². The predicted octanol–water partition coefficient (Wildman–Crippen LogP) is 3.97. The fourth-order valence-electron chi connectivity index (χ4n) is 5.26. The summed E-state index contributed by atoms with van der Waals surface area (Å²) < 4.78 is 7.88. The molecule has 8 nitrogen and oxygen atoms in total.